The Morgan fingerprint density at radius 1 is 1.55 bits per heavy atom. The highest BCUT2D eigenvalue weighted by molar-refractivity contribution is 5.62. The molecule has 1 aromatic rings. The van der Waals surface area contributed by atoms with Gasteiger partial charge in [0.2, 0.25) is 0 Å². The van der Waals surface area contributed by atoms with E-state index in [1.165, 1.54) is 12.1 Å². The average molecular weight is 305 g/mol. The highest BCUT2D eigenvalue weighted by Crippen LogP contribution is 2.62. The number of methoxy groups -OCH3 is 1. The monoisotopic (exact) mass is 305 g/mol. The van der Waals surface area contributed by atoms with Crippen molar-refractivity contribution < 1.29 is 22.8 Å². The molecule has 0 amide bonds. The third kappa shape index (κ3) is 1.28. The summed E-state index contributed by atoms with van der Waals surface area (Å²) in [5, 5.41) is 10.8. The lowest BCUT2D eigenvalue weighted by Gasteiger charge is -2.56. The van der Waals surface area contributed by atoms with E-state index in [0.717, 1.165) is 0 Å². The van der Waals surface area contributed by atoms with Crippen LogP contribution in [0.4, 0.5) is 0 Å². The maximum atomic E-state index is 10.8. The van der Waals surface area contributed by atoms with Crippen LogP contribution in [0.5, 0.6) is 11.5 Å². The van der Waals surface area contributed by atoms with Crippen molar-refractivity contribution in [2.45, 2.75) is 36.4 Å². The average Bonchev–Trinajstić information content (AvgIpc) is 2.91. The minimum absolute atomic E-state index is 0.00902. The van der Waals surface area contributed by atoms with Crippen molar-refractivity contribution in [3.63, 3.8) is 0 Å². The molecule has 22 heavy (non-hydrogen) atoms. The van der Waals surface area contributed by atoms with E-state index in [2.05, 4.69) is 0 Å². The zero-order chi connectivity index (χ0) is 20.3. The first kappa shape index (κ1) is 8.37. The number of aliphatic hydroxyl groups is 1. The highest BCUT2D eigenvalue weighted by Gasteiger charge is 2.64. The predicted molar refractivity (Wildman–Crippen MR) is 82.5 cm³/mol. The Balaban J connectivity index is 1.83. The number of ether oxygens (including phenoxy) is 2. The van der Waals surface area contributed by atoms with Crippen LogP contribution in [0, 0.1) is 5.92 Å². The van der Waals surface area contributed by atoms with Crippen LogP contribution in [0.15, 0.2) is 24.3 Å². The minimum atomic E-state index is -2.70. The molecule has 2 unspecified atom stereocenters. The number of benzene rings is 1. The van der Waals surface area contributed by atoms with Gasteiger partial charge in [0, 0.05) is 25.7 Å². The Morgan fingerprint density at radius 2 is 2.45 bits per heavy atom. The summed E-state index contributed by atoms with van der Waals surface area (Å²) >= 11 is 0. The van der Waals surface area contributed by atoms with Gasteiger partial charge in [-0.05, 0) is 38.0 Å². The molecule has 4 nitrogen and oxygen atoms in total. The van der Waals surface area contributed by atoms with Crippen LogP contribution in [-0.2, 0) is 11.8 Å². The lowest BCUT2D eigenvalue weighted by molar-refractivity contribution is -0.0453. The van der Waals surface area contributed by atoms with E-state index in [0.29, 0.717) is 24.1 Å². The molecular weight excluding hydrogens is 278 g/mol. The molecule has 4 aliphatic rings. The second-order valence-electron chi connectivity index (χ2n) is 6.59. The zero-order valence-corrected chi connectivity index (χ0v) is 12.2. The number of rotatable bonds is 1. The largest absolute Gasteiger partial charge is 0.493 e. The summed E-state index contributed by atoms with van der Waals surface area (Å²) in [6.45, 7) is 0.577. The molecule has 5 rings (SSSR count). The minimum Gasteiger partial charge on any atom is -0.493 e. The van der Waals surface area contributed by atoms with Crippen molar-refractivity contribution in [1.29, 1.82) is 0 Å². The van der Waals surface area contributed by atoms with Crippen LogP contribution in [-0.4, -0.2) is 48.9 Å². The third-order valence-electron chi connectivity index (χ3n) is 5.73. The number of likely N-dealkylation sites (tertiary alicyclic amines) is 1. The lowest BCUT2D eigenvalue weighted by atomic mass is 9.53. The molecule has 2 aliphatic heterocycles. The molecule has 116 valence electrons. The van der Waals surface area contributed by atoms with Crippen molar-refractivity contribution in [3.05, 3.63) is 35.4 Å². The van der Waals surface area contributed by atoms with Gasteiger partial charge in [-0.15, -0.1) is 0 Å². The van der Waals surface area contributed by atoms with Crippen molar-refractivity contribution in [1.82, 2.24) is 4.90 Å². The SMILES string of the molecule is [2H]C([2H])([2H])Oc1ccc2c3c1OC1C([2H])(O)C=C[C@H]4[C@H](N(C)CC[C@]314)C2([2H])[2H]. The summed E-state index contributed by atoms with van der Waals surface area (Å²) in [5.74, 6) is -0.177. The number of piperidine rings is 1. The van der Waals surface area contributed by atoms with Crippen LogP contribution in [0.3, 0.4) is 0 Å². The Labute approximate surface area is 138 Å². The van der Waals surface area contributed by atoms with E-state index in [1.807, 2.05) is 11.9 Å². The summed E-state index contributed by atoms with van der Waals surface area (Å²) in [6.07, 6.45) is -1.02. The first-order chi connectivity index (χ1) is 12.9. The number of hydrogen-bond donors (Lipinski definition) is 1. The molecule has 1 saturated heterocycles. The molecule has 5 atom stereocenters. The van der Waals surface area contributed by atoms with Gasteiger partial charge in [-0.3, -0.25) is 0 Å². The van der Waals surface area contributed by atoms with Crippen molar-refractivity contribution in [2.75, 3.05) is 20.6 Å². The summed E-state index contributed by atoms with van der Waals surface area (Å²) < 4.78 is 59.7. The molecule has 0 aromatic heterocycles. The predicted octanol–water partition coefficient (Wildman–Crippen LogP) is 1.50. The fourth-order valence-corrected chi connectivity index (χ4v) is 4.77. The van der Waals surface area contributed by atoms with Gasteiger partial charge < -0.3 is 19.5 Å². The maximum Gasteiger partial charge on any atom is 0.165 e. The molecule has 2 heterocycles. The summed E-state index contributed by atoms with van der Waals surface area (Å²) in [7, 11) is -0.815. The Morgan fingerprint density at radius 3 is 3.32 bits per heavy atom. The van der Waals surface area contributed by atoms with Crippen LogP contribution in [0.25, 0.3) is 0 Å². The van der Waals surface area contributed by atoms with E-state index in [-0.39, 0.29) is 17.4 Å². The topological polar surface area (TPSA) is 41.9 Å². The molecular formula is C18H21NO3. The number of likely N-dealkylation sites (N-methyl/N-ethyl adjacent to an activating group) is 1. The summed E-state index contributed by atoms with van der Waals surface area (Å²) in [4.78, 5) is 1.99. The van der Waals surface area contributed by atoms with Gasteiger partial charge in [0.15, 0.2) is 11.5 Å². The molecule has 1 spiro atoms. The molecule has 2 aliphatic carbocycles. The van der Waals surface area contributed by atoms with Gasteiger partial charge in [0.1, 0.15) is 12.2 Å². The number of hydrogen-bond acceptors (Lipinski definition) is 4. The molecule has 2 bridgehead atoms. The van der Waals surface area contributed by atoms with Gasteiger partial charge in [-0.25, -0.2) is 0 Å². The van der Waals surface area contributed by atoms with Crippen LogP contribution in [0.2, 0.25) is 0 Å². The van der Waals surface area contributed by atoms with Gasteiger partial charge in [-0.2, -0.15) is 0 Å². The first-order valence-electron chi connectivity index (χ1n) is 10.6. The van der Waals surface area contributed by atoms with Gasteiger partial charge in [-0.1, -0.05) is 18.2 Å². The van der Waals surface area contributed by atoms with Gasteiger partial charge in [0.05, 0.1) is 12.5 Å². The molecule has 4 heteroatoms. The van der Waals surface area contributed by atoms with Crippen LogP contribution >= 0.6 is 0 Å². The molecule has 1 N–H and O–H groups in total. The van der Waals surface area contributed by atoms with Crippen molar-refractivity contribution in [3.8, 4) is 11.5 Å². The normalized spacial score (nSPS) is 51.3. The Bertz CT molecular complexity index is 898. The zero-order valence-electron chi connectivity index (χ0n) is 18.2. The van der Waals surface area contributed by atoms with E-state index < -0.39 is 37.1 Å². The standard InChI is InChI=1S/C18H21NO3/c1-19-8-7-18-11-4-5-13(20)17(18)22-16-14(21-2)6-3-10(15(16)18)9-12(11)19/h3-6,11-13,17,20H,7-9H2,1-2H3/t11-,12+,13?,17?,18-/m0/s1/i2D3,9D2,13D. The van der Waals surface area contributed by atoms with Crippen molar-refractivity contribution in [2.24, 2.45) is 5.92 Å². The molecule has 1 aromatic carbocycles. The van der Waals surface area contributed by atoms with E-state index in [9.17, 15) is 5.11 Å². The van der Waals surface area contributed by atoms with E-state index >= 15 is 0 Å². The Kier molecular flexibility index (Phi) is 1.54. The van der Waals surface area contributed by atoms with Crippen molar-refractivity contribution >= 4 is 0 Å². The second-order valence-corrected chi connectivity index (χ2v) is 6.59. The molecule has 1 fully saturated rings. The smallest absolute Gasteiger partial charge is 0.165 e. The quantitative estimate of drug-likeness (QED) is 0.799. The lowest BCUT2D eigenvalue weighted by Crippen LogP contribution is -2.64. The second kappa shape index (κ2) is 4.06. The first-order valence-corrected chi connectivity index (χ1v) is 7.55. The fraction of sp³-hybridized carbons (Fsp3) is 0.556. The van der Waals surface area contributed by atoms with Gasteiger partial charge in [0.25, 0.3) is 0 Å². The Hall–Kier alpha value is -1.52. The van der Waals surface area contributed by atoms with Gasteiger partial charge >= 0.3 is 0 Å². The summed E-state index contributed by atoms with van der Waals surface area (Å²) in [6, 6.07) is 2.50. The van der Waals surface area contributed by atoms with Crippen LogP contribution < -0.4 is 9.47 Å². The fourth-order valence-electron chi connectivity index (χ4n) is 4.77. The summed E-state index contributed by atoms with van der Waals surface area (Å²) in [5.41, 5.74) is 0.169. The molecule has 0 saturated carbocycles. The number of nitrogens with zero attached hydrogens (tertiary/aromatic N) is 1. The molecule has 0 radical (unpaired) electrons. The van der Waals surface area contributed by atoms with E-state index in [1.54, 1.807) is 12.1 Å². The van der Waals surface area contributed by atoms with E-state index in [4.69, 9.17) is 17.7 Å². The van der Waals surface area contributed by atoms with Crippen LogP contribution in [0.1, 0.15) is 25.8 Å². The third-order valence-corrected chi connectivity index (χ3v) is 5.73. The highest BCUT2D eigenvalue weighted by atomic mass is 16.5. The maximum absolute atomic E-state index is 10.8.